The fourth-order valence-electron chi connectivity index (χ4n) is 2.76. The van der Waals surface area contributed by atoms with E-state index in [-0.39, 0.29) is 23.8 Å². The summed E-state index contributed by atoms with van der Waals surface area (Å²) in [6, 6.07) is 11.2. The molecule has 0 spiro atoms. The maximum Gasteiger partial charge on any atom is 0.320 e. The predicted octanol–water partition coefficient (Wildman–Crippen LogP) is 4.59. The lowest BCUT2D eigenvalue weighted by Gasteiger charge is -2.08. The van der Waals surface area contributed by atoms with Gasteiger partial charge in [0.2, 0.25) is 0 Å². The minimum atomic E-state index is -2.78. The van der Waals surface area contributed by atoms with E-state index >= 15 is 0 Å². The molecule has 27 heavy (non-hydrogen) atoms. The third-order valence-corrected chi connectivity index (χ3v) is 4.15. The van der Waals surface area contributed by atoms with Gasteiger partial charge in [0, 0.05) is 17.2 Å². The molecule has 0 saturated carbocycles. The van der Waals surface area contributed by atoms with Crippen molar-refractivity contribution in [3.63, 3.8) is 0 Å². The van der Waals surface area contributed by atoms with Gasteiger partial charge >= 0.3 is 6.55 Å². The lowest BCUT2D eigenvalue weighted by atomic mass is 10.1. The van der Waals surface area contributed by atoms with E-state index in [9.17, 15) is 18.9 Å². The Kier molecular flexibility index (Phi) is 5.11. The average Bonchev–Trinajstić information content (AvgIpc) is 3.02. The Hall–Kier alpha value is -3.36. The second kappa shape index (κ2) is 7.48. The molecule has 1 aromatic heterocycles. The largest absolute Gasteiger partial charge is 0.391 e. The summed E-state index contributed by atoms with van der Waals surface area (Å²) in [6.45, 7) is 0.320. The van der Waals surface area contributed by atoms with Gasteiger partial charge in [0.1, 0.15) is 12.3 Å². The second-order valence-electron chi connectivity index (χ2n) is 5.84. The van der Waals surface area contributed by atoms with Gasteiger partial charge in [-0.05, 0) is 26.0 Å². The lowest BCUT2D eigenvalue weighted by Crippen LogP contribution is -2.10. The molecule has 0 aliphatic heterocycles. The number of para-hydroxylation sites is 2. The number of hydrogen-bond donors (Lipinski definition) is 0. The van der Waals surface area contributed by atoms with E-state index in [2.05, 4.69) is 10.1 Å². The highest BCUT2D eigenvalue weighted by atomic mass is 19.3. The Morgan fingerprint density at radius 3 is 2.74 bits per heavy atom. The van der Waals surface area contributed by atoms with Gasteiger partial charge in [-0.2, -0.15) is 8.78 Å². The predicted molar refractivity (Wildman–Crippen MR) is 95.8 cm³/mol. The van der Waals surface area contributed by atoms with Gasteiger partial charge in [0.15, 0.2) is 5.82 Å². The van der Waals surface area contributed by atoms with E-state index in [1.165, 1.54) is 13.0 Å². The zero-order valence-corrected chi connectivity index (χ0v) is 14.6. The molecule has 0 aliphatic rings. The highest BCUT2D eigenvalue weighted by Gasteiger charge is 2.20. The Balaban J connectivity index is 1.85. The normalized spacial score (nSPS) is 12.0. The number of halogens is 2. The molecule has 7 nitrogen and oxygen atoms in total. The first-order chi connectivity index (χ1) is 12.9. The van der Waals surface area contributed by atoms with Crippen LogP contribution in [0.3, 0.4) is 0 Å². The first-order valence-electron chi connectivity index (χ1n) is 8.05. The molecule has 0 amide bonds. The zero-order chi connectivity index (χ0) is 19.6. The number of fused-ring (bicyclic) bond motifs is 1. The van der Waals surface area contributed by atoms with Crippen molar-refractivity contribution in [3.8, 4) is 0 Å². The Morgan fingerprint density at radius 1 is 1.30 bits per heavy atom. The van der Waals surface area contributed by atoms with Gasteiger partial charge in [-0.25, -0.2) is 4.98 Å². The molecule has 0 N–H and O–H groups in total. The monoisotopic (exact) mass is 374 g/mol. The summed E-state index contributed by atoms with van der Waals surface area (Å²) in [6.07, 6.45) is 0. The van der Waals surface area contributed by atoms with Crippen molar-refractivity contribution in [3.05, 3.63) is 69.5 Å². The molecule has 0 bridgehead atoms. The van der Waals surface area contributed by atoms with E-state index < -0.39 is 11.5 Å². The Bertz CT molecular complexity index is 1030. The van der Waals surface area contributed by atoms with Crippen molar-refractivity contribution in [1.29, 1.82) is 0 Å². The molecular weight excluding hydrogens is 358 g/mol. The van der Waals surface area contributed by atoms with Crippen LogP contribution in [0.1, 0.15) is 30.4 Å². The van der Waals surface area contributed by atoms with Crippen LogP contribution in [0, 0.1) is 17.0 Å². The smallest absolute Gasteiger partial charge is 0.320 e. The van der Waals surface area contributed by atoms with E-state index in [4.69, 9.17) is 4.84 Å². The minimum Gasteiger partial charge on any atom is -0.391 e. The number of hydrogen-bond acceptors (Lipinski definition) is 5. The van der Waals surface area contributed by atoms with E-state index in [0.717, 1.165) is 4.57 Å². The number of imidazole rings is 1. The molecule has 3 rings (SSSR count). The highest BCUT2D eigenvalue weighted by Crippen LogP contribution is 2.24. The Morgan fingerprint density at radius 2 is 2.04 bits per heavy atom. The number of benzene rings is 2. The fraction of sp³-hybridized carbons (Fsp3) is 0.222. The molecule has 0 fully saturated rings. The molecule has 0 saturated heterocycles. The van der Waals surface area contributed by atoms with Crippen LogP contribution in [-0.4, -0.2) is 20.2 Å². The number of alkyl halides is 2. The quantitative estimate of drug-likeness (QED) is 0.359. The maximum absolute atomic E-state index is 13.5. The van der Waals surface area contributed by atoms with E-state index in [0.29, 0.717) is 22.2 Å². The molecule has 0 unspecified atom stereocenters. The summed E-state index contributed by atoms with van der Waals surface area (Å²) in [7, 11) is 0. The minimum absolute atomic E-state index is 0.00182. The summed E-state index contributed by atoms with van der Waals surface area (Å²) < 4.78 is 27.7. The number of rotatable bonds is 6. The molecular formula is C18H16F2N4O3. The summed E-state index contributed by atoms with van der Waals surface area (Å²) in [4.78, 5) is 20.0. The van der Waals surface area contributed by atoms with Crippen molar-refractivity contribution in [1.82, 2.24) is 9.55 Å². The SMILES string of the molecule is C/C(=N\OCc1cccc([N+](=O)[O-])c1C)c1nc2ccccc2n1C(F)F. The van der Waals surface area contributed by atoms with Gasteiger partial charge < -0.3 is 4.84 Å². The van der Waals surface area contributed by atoms with Crippen molar-refractivity contribution < 1.29 is 18.5 Å². The summed E-state index contributed by atoms with van der Waals surface area (Å²) in [5.74, 6) is 0.00182. The van der Waals surface area contributed by atoms with Crippen LogP contribution < -0.4 is 0 Å². The molecule has 9 heteroatoms. The molecule has 3 aromatic rings. The lowest BCUT2D eigenvalue weighted by molar-refractivity contribution is -0.385. The van der Waals surface area contributed by atoms with Crippen LogP contribution in [0.15, 0.2) is 47.6 Å². The second-order valence-corrected chi connectivity index (χ2v) is 5.84. The van der Waals surface area contributed by atoms with Crippen molar-refractivity contribution in [2.45, 2.75) is 27.0 Å². The zero-order valence-electron chi connectivity index (χ0n) is 14.6. The summed E-state index contributed by atoms with van der Waals surface area (Å²) >= 11 is 0. The average molecular weight is 374 g/mol. The number of aromatic nitrogens is 2. The summed E-state index contributed by atoms with van der Waals surface area (Å²) in [5, 5.41) is 14.9. The third kappa shape index (κ3) is 3.62. The standard InChI is InChI=1S/C18H16F2N4O3/c1-11-13(6-5-9-15(11)24(25)26)10-27-22-12(2)17-21-14-7-3-4-8-16(14)23(17)18(19)20/h3-9,18H,10H2,1-2H3/b22-12+. The van der Waals surface area contributed by atoms with Crippen molar-refractivity contribution in [2.24, 2.45) is 5.16 Å². The van der Waals surface area contributed by atoms with E-state index in [1.807, 2.05) is 0 Å². The number of nitrogens with zero attached hydrogens (tertiary/aromatic N) is 4. The topological polar surface area (TPSA) is 82.6 Å². The van der Waals surface area contributed by atoms with Crippen LogP contribution >= 0.6 is 0 Å². The first kappa shape index (κ1) is 18.4. The van der Waals surface area contributed by atoms with Crippen LogP contribution in [0.5, 0.6) is 0 Å². The number of oxime groups is 1. The van der Waals surface area contributed by atoms with Crippen LogP contribution in [-0.2, 0) is 11.4 Å². The fourth-order valence-corrected chi connectivity index (χ4v) is 2.76. The van der Waals surface area contributed by atoms with E-state index in [1.54, 1.807) is 43.3 Å². The van der Waals surface area contributed by atoms with Crippen molar-refractivity contribution >= 4 is 22.4 Å². The molecule has 0 radical (unpaired) electrons. The van der Waals surface area contributed by atoms with Gasteiger partial charge in [0.25, 0.3) is 5.69 Å². The molecule has 1 heterocycles. The van der Waals surface area contributed by atoms with Gasteiger partial charge in [0.05, 0.1) is 16.0 Å². The van der Waals surface area contributed by atoms with Crippen molar-refractivity contribution in [2.75, 3.05) is 0 Å². The molecule has 0 atom stereocenters. The third-order valence-electron chi connectivity index (χ3n) is 4.15. The molecule has 0 aliphatic carbocycles. The number of nitro groups is 1. The van der Waals surface area contributed by atoms with Gasteiger partial charge in [-0.1, -0.05) is 29.4 Å². The molecule has 140 valence electrons. The highest BCUT2D eigenvalue weighted by molar-refractivity contribution is 5.98. The van der Waals surface area contributed by atoms with Crippen LogP contribution in [0.4, 0.5) is 14.5 Å². The Labute approximate surface area is 153 Å². The summed E-state index contributed by atoms with van der Waals surface area (Å²) in [5.41, 5.74) is 1.94. The van der Waals surface area contributed by atoms with Crippen LogP contribution in [0.25, 0.3) is 11.0 Å². The molecule has 2 aromatic carbocycles. The number of nitro benzene ring substituents is 1. The van der Waals surface area contributed by atoms with Crippen LogP contribution in [0.2, 0.25) is 0 Å². The van der Waals surface area contributed by atoms with Gasteiger partial charge in [-0.3, -0.25) is 14.7 Å². The maximum atomic E-state index is 13.5. The van der Waals surface area contributed by atoms with Gasteiger partial charge in [-0.15, -0.1) is 0 Å². The first-order valence-corrected chi connectivity index (χ1v) is 8.05.